The van der Waals surface area contributed by atoms with Crippen molar-refractivity contribution in [2.75, 3.05) is 0 Å². The SMILES string of the molecule is c1ccc(-c2ccc(-c3nc(-c4ccccc4)nc(-c4ccc(-c5nn6c(-c7ccccc7)cc7ccccc7c6c5-c5ccccc5)cc4)n3)cc2)cc1. The van der Waals surface area contributed by atoms with Gasteiger partial charge in [0, 0.05) is 38.8 Å². The summed E-state index contributed by atoms with van der Waals surface area (Å²) in [6.45, 7) is 0. The maximum atomic E-state index is 5.40. The molecule has 0 N–H and O–H groups in total. The first-order chi connectivity index (χ1) is 27.3. The first-order valence-electron chi connectivity index (χ1n) is 18.4. The molecule has 10 aromatic rings. The fourth-order valence-electron chi connectivity index (χ4n) is 7.35. The van der Waals surface area contributed by atoms with Gasteiger partial charge in [-0.2, -0.15) is 5.10 Å². The molecule has 0 radical (unpaired) electrons. The highest BCUT2D eigenvalue weighted by molar-refractivity contribution is 6.08. The minimum Gasteiger partial charge on any atom is -0.231 e. The summed E-state index contributed by atoms with van der Waals surface area (Å²) >= 11 is 0. The van der Waals surface area contributed by atoms with Crippen LogP contribution in [0.4, 0.5) is 0 Å². The van der Waals surface area contributed by atoms with Crippen molar-refractivity contribution in [3.8, 4) is 78.9 Å². The van der Waals surface area contributed by atoms with Gasteiger partial charge >= 0.3 is 0 Å². The molecule has 55 heavy (non-hydrogen) atoms. The predicted molar refractivity (Wildman–Crippen MR) is 224 cm³/mol. The van der Waals surface area contributed by atoms with Gasteiger partial charge in [0.1, 0.15) is 5.69 Å². The Balaban J connectivity index is 1.12. The molecule has 5 nitrogen and oxygen atoms in total. The Morgan fingerprint density at radius 3 is 1.29 bits per heavy atom. The highest BCUT2D eigenvalue weighted by Crippen LogP contribution is 2.41. The molecule has 0 saturated heterocycles. The van der Waals surface area contributed by atoms with Gasteiger partial charge in [0.2, 0.25) is 0 Å². The Labute approximate surface area is 318 Å². The van der Waals surface area contributed by atoms with Crippen molar-refractivity contribution in [2.45, 2.75) is 0 Å². The van der Waals surface area contributed by atoms with Crippen LogP contribution in [-0.2, 0) is 0 Å². The van der Waals surface area contributed by atoms with Crippen LogP contribution in [0.5, 0.6) is 0 Å². The number of fused-ring (bicyclic) bond motifs is 3. The standard InChI is InChI=1S/C50H33N5/c1-5-15-34(16-6-1)35-25-29-40(30-26-35)49-51-48(39-21-11-4-12-22-39)52-50(53-49)41-31-27-38(28-32-41)46-45(37-19-9-3-10-20-37)47-43-24-14-13-23-42(43)33-44(55(47)54-46)36-17-7-2-8-18-36/h1-33H. The van der Waals surface area contributed by atoms with Gasteiger partial charge < -0.3 is 0 Å². The third-order valence-corrected chi connectivity index (χ3v) is 10.1. The van der Waals surface area contributed by atoms with Crippen molar-refractivity contribution in [1.82, 2.24) is 24.6 Å². The van der Waals surface area contributed by atoms with Crippen LogP contribution in [0.15, 0.2) is 200 Å². The lowest BCUT2D eigenvalue weighted by Gasteiger charge is -2.10. The summed E-state index contributed by atoms with van der Waals surface area (Å²) in [6.07, 6.45) is 0. The van der Waals surface area contributed by atoms with Gasteiger partial charge in [-0.25, -0.2) is 19.5 Å². The van der Waals surface area contributed by atoms with E-state index >= 15 is 0 Å². The zero-order valence-corrected chi connectivity index (χ0v) is 29.8. The average molecular weight is 704 g/mol. The summed E-state index contributed by atoms with van der Waals surface area (Å²) in [7, 11) is 0. The van der Waals surface area contributed by atoms with E-state index in [1.807, 2.05) is 42.5 Å². The number of nitrogens with zero attached hydrogens (tertiary/aromatic N) is 5. The molecule has 0 atom stereocenters. The number of rotatable bonds is 7. The maximum absolute atomic E-state index is 5.40. The first kappa shape index (κ1) is 32.2. The molecule has 0 spiro atoms. The quantitative estimate of drug-likeness (QED) is 0.166. The molecule has 258 valence electrons. The smallest absolute Gasteiger partial charge is 0.164 e. The van der Waals surface area contributed by atoms with Crippen LogP contribution in [0, 0.1) is 0 Å². The maximum Gasteiger partial charge on any atom is 0.164 e. The Morgan fingerprint density at radius 2 is 0.727 bits per heavy atom. The molecule has 7 aromatic carbocycles. The first-order valence-corrected chi connectivity index (χ1v) is 18.4. The van der Waals surface area contributed by atoms with Gasteiger partial charge in [-0.05, 0) is 28.1 Å². The second kappa shape index (κ2) is 13.8. The van der Waals surface area contributed by atoms with Gasteiger partial charge in [0.15, 0.2) is 17.5 Å². The summed E-state index contributed by atoms with van der Waals surface area (Å²) in [5, 5.41) is 7.72. The third kappa shape index (κ3) is 6.04. The van der Waals surface area contributed by atoms with E-state index in [1.165, 1.54) is 10.9 Å². The molecule has 0 unspecified atom stereocenters. The van der Waals surface area contributed by atoms with Gasteiger partial charge in [0.05, 0.1) is 11.2 Å². The molecule has 3 heterocycles. The lowest BCUT2D eigenvalue weighted by Crippen LogP contribution is -2.00. The van der Waals surface area contributed by atoms with E-state index < -0.39 is 0 Å². The topological polar surface area (TPSA) is 56.0 Å². The Morgan fingerprint density at radius 1 is 0.327 bits per heavy atom. The number of benzene rings is 7. The number of pyridine rings is 1. The molecule has 0 fully saturated rings. The van der Waals surface area contributed by atoms with Crippen molar-refractivity contribution in [3.63, 3.8) is 0 Å². The van der Waals surface area contributed by atoms with Crippen LogP contribution < -0.4 is 0 Å². The lowest BCUT2D eigenvalue weighted by atomic mass is 9.96. The number of hydrogen-bond donors (Lipinski definition) is 0. The van der Waals surface area contributed by atoms with Crippen molar-refractivity contribution >= 4 is 16.3 Å². The molecule has 5 heteroatoms. The second-order valence-electron chi connectivity index (χ2n) is 13.5. The summed E-state index contributed by atoms with van der Waals surface area (Å²) in [5.41, 5.74) is 12.4. The highest BCUT2D eigenvalue weighted by Gasteiger charge is 2.22. The summed E-state index contributed by atoms with van der Waals surface area (Å²) < 4.78 is 2.12. The van der Waals surface area contributed by atoms with Crippen molar-refractivity contribution in [2.24, 2.45) is 0 Å². The van der Waals surface area contributed by atoms with E-state index in [1.54, 1.807) is 0 Å². The second-order valence-corrected chi connectivity index (χ2v) is 13.5. The van der Waals surface area contributed by atoms with Crippen molar-refractivity contribution < 1.29 is 0 Å². The van der Waals surface area contributed by atoms with E-state index in [-0.39, 0.29) is 0 Å². The summed E-state index contributed by atoms with van der Waals surface area (Å²) in [4.78, 5) is 15.0. The van der Waals surface area contributed by atoms with Crippen LogP contribution in [-0.4, -0.2) is 24.6 Å². The van der Waals surface area contributed by atoms with Gasteiger partial charge in [-0.15, -0.1) is 0 Å². The van der Waals surface area contributed by atoms with E-state index in [0.29, 0.717) is 17.5 Å². The van der Waals surface area contributed by atoms with Crippen molar-refractivity contribution in [1.29, 1.82) is 0 Å². The van der Waals surface area contributed by atoms with E-state index in [4.69, 9.17) is 20.1 Å². The number of hydrogen-bond acceptors (Lipinski definition) is 4. The Hall–Kier alpha value is -7.50. The molecule has 0 amide bonds. The molecular formula is C50H33N5. The van der Waals surface area contributed by atoms with Crippen LogP contribution in [0.1, 0.15) is 0 Å². The van der Waals surface area contributed by atoms with Crippen LogP contribution in [0.25, 0.3) is 95.2 Å². The summed E-state index contributed by atoms with van der Waals surface area (Å²) in [5.74, 6) is 1.86. The molecule has 0 bridgehead atoms. The number of aromatic nitrogens is 5. The van der Waals surface area contributed by atoms with Gasteiger partial charge in [0.25, 0.3) is 0 Å². The van der Waals surface area contributed by atoms with Crippen LogP contribution in [0.2, 0.25) is 0 Å². The van der Waals surface area contributed by atoms with E-state index in [2.05, 4.69) is 162 Å². The minimum absolute atomic E-state index is 0.609. The fraction of sp³-hybridized carbons (Fsp3) is 0. The zero-order valence-electron chi connectivity index (χ0n) is 29.8. The normalized spacial score (nSPS) is 11.3. The highest BCUT2D eigenvalue weighted by atomic mass is 15.2. The fourth-order valence-corrected chi connectivity index (χ4v) is 7.35. The van der Waals surface area contributed by atoms with E-state index in [9.17, 15) is 0 Å². The average Bonchev–Trinajstić information content (AvgIpc) is 3.68. The lowest BCUT2D eigenvalue weighted by molar-refractivity contribution is 0.979. The zero-order chi connectivity index (χ0) is 36.6. The molecule has 3 aromatic heterocycles. The predicted octanol–water partition coefficient (Wildman–Crippen LogP) is 12.3. The molecule has 10 rings (SSSR count). The molecule has 0 aliphatic heterocycles. The van der Waals surface area contributed by atoms with Gasteiger partial charge in [-0.1, -0.05) is 194 Å². The summed E-state index contributed by atoms with van der Waals surface area (Å²) in [6, 6.07) is 69.2. The van der Waals surface area contributed by atoms with Gasteiger partial charge in [-0.3, -0.25) is 0 Å². The van der Waals surface area contributed by atoms with Crippen LogP contribution >= 0.6 is 0 Å². The molecule has 0 saturated carbocycles. The third-order valence-electron chi connectivity index (χ3n) is 10.1. The van der Waals surface area contributed by atoms with Crippen LogP contribution in [0.3, 0.4) is 0 Å². The molecule has 0 aliphatic carbocycles. The monoisotopic (exact) mass is 703 g/mol. The molecular weight excluding hydrogens is 671 g/mol. The largest absolute Gasteiger partial charge is 0.231 e. The van der Waals surface area contributed by atoms with Crippen molar-refractivity contribution in [3.05, 3.63) is 200 Å². The minimum atomic E-state index is 0.609. The Kier molecular flexibility index (Phi) is 8.08. The Bertz CT molecular complexity index is 2920. The van der Waals surface area contributed by atoms with E-state index in [0.717, 1.165) is 66.8 Å². The molecule has 0 aliphatic rings.